The predicted molar refractivity (Wildman–Crippen MR) is 98.2 cm³/mol. The fraction of sp³-hybridized carbons (Fsp3) is 0.182. The molecule has 1 fully saturated rings. The monoisotopic (exact) mass is 362 g/mol. The standard InChI is InChI=1S/C22H16F2N2O/c23-14-5-6-15(20(24)10-14)13-8-17(19-11-26-22(27)18(19)9-13)16-2-1-7-25-21(16)12-3-4-12/h1-2,5-10,12H,3-4,11H2,(H,26,27). The summed E-state index contributed by atoms with van der Waals surface area (Å²) < 4.78 is 27.7. The molecule has 0 bridgehead atoms. The van der Waals surface area contributed by atoms with E-state index in [4.69, 9.17) is 0 Å². The second-order valence-corrected chi connectivity index (χ2v) is 7.07. The first-order chi connectivity index (χ1) is 13.1. The van der Waals surface area contributed by atoms with E-state index < -0.39 is 11.6 Å². The van der Waals surface area contributed by atoms with Crippen LogP contribution in [0.3, 0.4) is 0 Å². The Morgan fingerprint density at radius 2 is 1.78 bits per heavy atom. The first-order valence-corrected chi connectivity index (χ1v) is 8.97. The molecule has 1 aromatic heterocycles. The van der Waals surface area contributed by atoms with Crippen molar-refractivity contribution in [3.05, 3.63) is 77.1 Å². The van der Waals surface area contributed by atoms with Crippen molar-refractivity contribution in [2.45, 2.75) is 25.3 Å². The van der Waals surface area contributed by atoms with Crippen LogP contribution in [0, 0.1) is 11.6 Å². The highest BCUT2D eigenvalue weighted by Crippen LogP contribution is 2.45. The van der Waals surface area contributed by atoms with Gasteiger partial charge in [-0.05, 0) is 59.9 Å². The van der Waals surface area contributed by atoms with Crippen molar-refractivity contribution in [3.63, 3.8) is 0 Å². The van der Waals surface area contributed by atoms with E-state index in [9.17, 15) is 13.6 Å². The number of carbonyl (C=O) groups excluding carboxylic acids is 1. The third-order valence-electron chi connectivity index (χ3n) is 5.26. The van der Waals surface area contributed by atoms with Crippen molar-refractivity contribution in [1.29, 1.82) is 0 Å². The molecular weight excluding hydrogens is 346 g/mol. The van der Waals surface area contributed by atoms with Gasteiger partial charge in [0.25, 0.3) is 5.91 Å². The Morgan fingerprint density at radius 1 is 0.963 bits per heavy atom. The van der Waals surface area contributed by atoms with Gasteiger partial charge in [-0.15, -0.1) is 0 Å². The Bertz CT molecular complexity index is 1090. The average Bonchev–Trinajstić information content (AvgIpc) is 3.45. The van der Waals surface area contributed by atoms with E-state index in [1.54, 1.807) is 12.3 Å². The van der Waals surface area contributed by atoms with Crippen LogP contribution in [0.25, 0.3) is 22.3 Å². The van der Waals surface area contributed by atoms with E-state index in [-0.39, 0.29) is 11.5 Å². The van der Waals surface area contributed by atoms with Gasteiger partial charge in [0.05, 0.1) is 5.69 Å². The van der Waals surface area contributed by atoms with E-state index >= 15 is 0 Å². The van der Waals surface area contributed by atoms with Gasteiger partial charge in [0, 0.05) is 41.4 Å². The van der Waals surface area contributed by atoms with Crippen LogP contribution < -0.4 is 5.32 Å². The maximum Gasteiger partial charge on any atom is 0.251 e. The highest BCUT2D eigenvalue weighted by atomic mass is 19.1. The van der Waals surface area contributed by atoms with Crippen molar-refractivity contribution in [2.24, 2.45) is 0 Å². The molecule has 0 atom stereocenters. The van der Waals surface area contributed by atoms with Crippen molar-refractivity contribution in [3.8, 4) is 22.3 Å². The lowest BCUT2D eigenvalue weighted by Crippen LogP contribution is -2.12. The smallest absolute Gasteiger partial charge is 0.251 e. The number of aromatic nitrogens is 1. The minimum Gasteiger partial charge on any atom is -0.348 e. The second kappa shape index (κ2) is 5.98. The van der Waals surface area contributed by atoms with Crippen molar-refractivity contribution in [1.82, 2.24) is 10.3 Å². The molecule has 134 valence electrons. The number of hydrogen-bond acceptors (Lipinski definition) is 2. The van der Waals surface area contributed by atoms with E-state index in [0.29, 0.717) is 23.6 Å². The Kier molecular flexibility index (Phi) is 3.57. The highest BCUT2D eigenvalue weighted by molar-refractivity contribution is 6.02. The lowest BCUT2D eigenvalue weighted by Gasteiger charge is -2.14. The molecule has 1 aliphatic carbocycles. The summed E-state index contributed by atoms with van der Waals surface area (Å²) in [4.78, 5) is 16.9. The summed E-state index contributed by atoms with van der Waals surface area (Å²) in [6.07, 6.45) is 4.00. The molecule has 2 heterocycles. The fourth-order valence-electron chi connectivity index (χ4n) is 3.78. The maximum atomic E-state index is 14.4. The largest absolute Gasteiger partial charge is 0.348 e. The number of halogens is 2. The lowest BCUT2D eigenvalue weighted by molar-refractivity contribution is 0.0966. The second-order valence-electron chi connectivity index (χ2n) is 7.07. The van der Waals surface area contributed by atoms with Crippen molar-refractivity contribution >= 4 is 5.91 Å². The van der Waals surface area contributed by atoms with Gasteiger partial charge in [-0.25, -0.2) is 8.78 Å². The number of amides is 1. The maximum absolute atomic E-state index is 14.4. The molecule has 1 amide bonds. The van der Waals surface area contributed by atoms with Crippen LogP contribution in [0.1, 0.15) is 40.4 Å². The number of nitrogens with zero attached hydrogens (tertiary/aromatic N) is 1. The fourth-order valence-corrected chi connectivity index (χ4v) is 3.78. The number of pyridine rings is 1. The quantitative estimate of drug-likeness (QED) is 0.726. The number of nitrogens with one attached hydrogen (secondary N) is 1. The number of carbonyl (C=O) groups is 1. The zero-order chi connectivity index (χ0) is 18.5. The molecule has 0 spiro atoms. The zero-order valence-electron chi connectivity index (χ0n) is 14.4. The van der Waals surface area contributed by atoms with E-state index in [1.807, 2.05) is 18.2 Å². The molecule has 0 saturated heterocycles. The van der Waals surface area contributed by atoms with Gasteiger partial charge in [-0.2, -0.15) is 0 Å². The van der Waals surface area contributed by atoms with Crippen LogP contribution in [0.4, 0.5) is 8.78 Å². The summed E-state index contributed by atoms with van der Waals surface area (Å²) in [5.74, 6) is -1.01. The summed E-state index contributed by atoms with van der Waals surface area (Å²) in [6.45, 7) is 0.439. The van der Waals surface area contributed by atoms with Gasteiger partial charge < -0.3 is 5.32 Å². The minimum absolute atomic E-state index is 0.174. The summed E-state index contributed by atoms with van der Waals surface area (Å²) in [5.41, 5.74) is 5.17. The van der Waals surface area contributed by atoms with Crippen LogP contribution in [0.5, 0.6) is 0 Å². The molecule has 3 nitrogen and oxygen atoms in total. The zero-order valence-corrected chi connectivity index (χ0v) is 14.4. The summed E-state index contributed by atoms with van der Waals surface area (Å²) in [7, 11) is 0. The third-order valence-corrected chi connectivity index (χ3v) is 5.26. The SMILES string of the molecule is O=C1NCc2c1cc(-c1ccc(F)cc1F)cc2-c1cccnc1C1CC1. The van der Waals surface area contributed by atoms with Crippen LogP contribution in [-0.4, -0.2) is 10.9 Å². The summed E-state index contributed by atoms with van der Waals surface area (Å²) in [5, 5.41) is 2.85. The van der Waals surface area contributed by atoms with Gasteiger partial charge >= 0.3 is 0 Å². The first-order valence-electron chi connectivity index (χ1n) is 8.97. The minimum atomic E-state index is -0.645. The van der Waals surface area contributed by atoms with Gasteiger partial charge in [0.2, 0.25) is 0 Å². The summed E-state index contributed by atoms with van der Waals surface area (Å²) in [6, 6.07) is 11.0. The molecule has 3 aromatic rings. The van der Waals surface area contributed by atoms with Gasteiger partial charge in [0.15, 0.2) is 0 Å². The molecule has 1 saturated carbocycles. The predicted octanol–water partition coefficient (Wildman–Crippen LogP) is 4.81. The van der Waals surface area contributed by atoms with Gasteiger partial charge in [-0.3, -0.25) is 9.78 Å². The number of benzene rings is 2. The molecule has 2 aliphatic rings. The molecule has 27 heavy (non-hydrogen) atoms. The van der Waals surface area contributed by atoms with E-state index in [2.05, 4.69) is 10.3 Å². The molecule has 0 radical (unpaired) electrons. The molecule has 5 rings (SSSR count). The molecule has 0 unspecified atom stereocenters. The lowest BCUT2D eigenvalue weighted by atomic mass is 9.90. The number of rotatable bonds is 3. The average molecular weight is 362 g/mol. The van der Waals surface area contributed by atoms with E-state index in [1.165, 1.54) is 12.1 Å². The Hall–Kier alpha value is -3.08. The van der Waals surface area contributed by atoms with Crippen molar-refractivity contribution < 1.29 is 13.6 Å². The molecule has 5 heteroatoms. The van der Waals surface area contributed by atoms with Crippen molar-refractivity contribution in [2.75, 3.05) is 0 Å². The van der Waals surface area contributed by atoms with E-state index in [0.717, 1.165) is 41.3 Å². The van der Waals surface area contributed by atoms with Crippen LogP contribution >= 0.6 is 0 Å². The topological polar surface area (TPSA) is 42.0 Å². The third kappa shape index (κ3) is 2.70. The van der Waals surface area contributed by atoms with Crippen LogP contribution in [-0.2, 0) is 6.54 Å². The molecular formula is C22H16F2N2O. The van der Waals surface area contributed by atoms with Gasteiger partial charge in [-0.1, -0.05) is 6.07 Å². The molecule has 2 aromatic carbocycles. The number of hydrogen-bond donors (Lipinski definition) is 1. The molecule has 1 aliphatic heterocycles. The molecule has 1 N–H and O–H groups in total. The highest BCUT2D eigenvalue weighted by Gasteiger charge is 2.30. The Labute approximate surface area is 155 Å². The first kappa shape index (κ1) is 16.1. The Morgan fingerprint density at radius 3 is 2.56 bits per heavy atom. The normalized spacial score (nSPS) is 15.6. The Balaban J connectivity index is 1.76. The summed E-state index contributed by atoms with van der Waals surface area (Å²) >= 11 is 0. The van der Waals surface area contributed by atoms with Gasteiger partial charge in [0.1, 0.15) is 11.6 Å². The van der Waals surface area contributed by atoms with Crippen LogP contribution in [0.2, 0.25) is 0 Å². The van der Waals surface area contributed by atoms with Crippen LogP contribution in [0.15, 0.2) is 48.7 Å². The number of fused-ring (bicyclic) bond motifs is 1.